The molecule has 0 aromatic heterocycles. The SMILES string of the molecule is CC(C)(C)Sc1cccc(CC(=O)O)c1. The quantitative estimate of drug-likeness (QED) is 0.801. The van der Waals surface area contributed by atoms with Crippen molar-refractivity contribution in [1.82, 2.24) is 0 Å². The first-order valence-electron chi connectivity index (χ1n) is 4.86. The first-order chi connectivity index (χ1) is 6.87. The van der Waals surface area contributed by atoms with Gasteiger partial charge in [-0.3, -0.25) is 4.79 Å². The molecule has 3 heteroatoms. The molecule has 1 aromatic carbocycles. The van der Waals surface area contributed by atoms with E-state index in [2.05, 4.69) is 20.8 Å². The smallest absolute Gasteiger partial charge is 0.307 e. The zero-order chi connectivity index (χ0) is 11.5. The van der Waals surface area contributed by atoms with Gasteiger partial charge in [-0.15, -0.1) is 11.8 Å². The molecule has 0 atom stereocenters. The van der Waals surface area contributed by atoms with Gasteiger partial charge in [0.1, 0.15) is 0 Å². The molecule has 0 saturated carbocycles. The Hall–Kier alpha value is -0.960. The zero-order valence-corrected chi connectivity index (χ0v) is 10.1. The maximum Gasteiger partial charge on any atom is 0.307 e. The third kappa shape index (κ3) is 4.88. The van der Waals surface area contributed by atoms with Crippen molar-refractivity contribution in [1.29, 1.82) is 0 Å². The Labute approximate surface area is 94.7 Å². The van der Waals surface area contributed by atoms with E-state index >= 15 is 0 Å². The van der Waals surface area contributed by atoms with Gasteiger partial charge in [-0.1, -0.05) is 32.9 Å². The van der Waals surface area contributed by atoms with Crippen LogP contribution in [0.4, 0.5) is 0 Å². The Morgan fingerprint density at radius 1 is 1.40 bits per heavy atom. The van der Waals surface area contributed by atoms with Crippen LogP contribution in [-0.4, -0.2) is 15.8 Å². The lowest BCUT2D eigenvalue weighted by Crippen LogP contribution is -2.07. The van der Waals surface area contributed by atoms with Gasteiger partial charge in [0.2, 0.25) is 0 Å². The summed E-state index contributed by atoms with van der Waals surface area (Å²) in [7, 11) is 0. The van der Waals surface area contributed by atoms with Crippen molar-refractivity contribution in [3.8, 4) is 0 Å². The second-order valence-corrected chi connectivity index (χ2v) is 6.33. The highest BCUT2D eigenvalue weighted by molar-refractivity contribution is 8.00. The number of hydrogen-bond donors (Lipinski definition) is 1. The van der Waals surface area contributed by atoms with Crippen molar-refractivity contribution in [2.75, 3.05) is 0 Å². The molecule has 2 nitrogen and oxygen atoms in total. The fraction of sp³-hybridized carbons (Fsp3) is 0.417. The molecule has 0 aliphatic carbocycles. The molecule has 0 unspecified atom stereocenters. The number of benzene rings is 1. The highest BCUT2D eigenvalue weighted by Crippen LogP contribution is 2.32. The van der Waals surface area contributed by atoms with E-state index in [0.29, 0.717) is 0 Å². The van der Waals surface area contributed by atoms with Crippen LogP contribution in [-0.2, 0) is 11.2 Å². The second-order valence-electron chi connectivity index (χ2n) is 4.43. The van der Waals surface area contributed by atoms with Gasteiger partial charge in [-0.2, -0.15) is 0 Å². The molecule has 15 heavy (non-hydrogen) atoms. The lowest BCUT2D eigenvalue weighted by atomic mass is 10.2. The van der Waals surface area contributed by atoms with Crippen LogP contribution < -0.4 is 0 Å². The summed E-state index contributed by atoms with van der Waals surface area (Å²) >= 11 is 1.75. The molecule has 0 fully saturated rings. The molecule has 0 aliphatic heterocycles. The van der Waals surface area contributed by atoms with Crippen molar-refractivity contribution in [2.45, 2.75) is 36.8 Å². The molecule has 1 rings (SSSR count). The van der Waals surface area contributed by atoms with Crippen LogP contribution in [0.3, 0.4) is 0 Å². The monoisotopic (exact) mass is 224 g/mol. The zero-order valence-electron chi connectivity index (χ0n) is 9.28. The molecular weight excluding hydrogens is 208 g/mol. The van der Waals surface area contributed by atoms with E-state index in [0.717, 1.165) is 10.5 Å². The normalized spacial score (nSPS) is 11.4. The van der Waals surface area contributed by atoms with E-state index in [1.807, 2.05) is 24.3 Å². The van der Waals surface area contributed by atoms with E-state index in [1.165, 1.54) is 0 Å². The molecular formula is C12H16O2S. The van der Waals surface area contributed by atoms with Gasteiger partial charge >= 0.3 is 5.97 Å². The Morgan fingerprint density at radius 3 is 2.60 bits per heavy atom. The van der Waals surface area contributed by atoms with E-state index in [-0.39, 0.29) is 11.2 Å². The van der Waals surface area contributed by atoms with E-state index in [1.54, 1.807) is 11.8 Å². The van der Waals surface area contributed by atoms with Gasteiger partial charge in [-0.25, -0.2) is 0 Å². The number of thioether (sulfide) groups is 1. The average molecular weight is 224 g/mol. The molecule has 1 aromatic rings. The van der Waals surface area contributed by atoms with Gasteiger partial charge in [0.05, 0.1) is 6.42 Å². The van der Waals surface area contributed by atoms with Gasteiger partial charge < -0.3 is 5.11 Å². The summed E-state index contributed by atoms with van der Waals surface area (Å²) in [6.07, 6.45) is 0.0958. The van der Waals surface area contributed by atoms with Gasteiger partial charge in [0, 0.05) is 9.64 Å². The van der Waals surface area contributed by atoms with Crippen LogP contribution in [0.5, 0.6) is 0 Å². The maximum atomic E-state index is 10.6. The highest BCUT2D eigenvalue weighted by atomic mass is 32.2. The fourth-order valence-corrected chi connectivity index (χ4v) is 2.31. The van der Waals surface area contributed by atoms with E-state index in [4.69, 9.17) is 5.11 Å². The number of rotatable bonds is 3. The minimum Gasteiger partial charge on any atom is -0.481 e. The van der Waals surface area contributed by atoms with Crippen LogP contribution in [0.2, 0.25) is 0 Å². The standard InChI is InChI=1S/C12H16O2S/c1-12(2,3)15-10-6-4-5-9(7-10)8-11(13)14/h4-7H,8H2,1-3H3,(H,13,14). The number of carbonyl (C=O) groups is 1. The minimum absolute atomic E-state index is 0.0958. The lowest BCUT2D eigenvalue weighted by Gasteiger charge is -2.17. The predicted octanol–water partition coefficient (Wildman–Crippen LogP) is 3.20. The first kappa shape index (κ1) is 12.1. The summed E-state index contributed by atoms with van der Waals surface area (Å²) < 4.78 is 0.155. The van der Waals surface area contributed by atoms with Crippen molar-refractivity contribution in [3.63, 3.8) is 0 Å². The fourth-order valence-electron chi connectivity index (χ4n) is 1.25. The topological polar surface area (TPSA) is 37.3 Å². The summed E-state index contributed by atoms with van der Waals surface area (Å²) in [6, 6.07) is 7.72. The number of carboxylic acids is 1. The molecule has 0 heterocycles. The molecule has 0 saturated heterocycles. The van der Waals surface area contributed by atoms with Crippen LogP contribution in [0, 0.1) is 0 Å². The largest absolute Gasteiger partial charge is 0.481 e. The van der Waals surface area contributed by atoms with E-state index < -0.39 is 5.97 Å². The van der Waals surface area contributed by atoms with Crippen molar-refractivity contribution in [2.24, 2.45) is 0 Å². The number of hydrogen-bond acceptors (Lipinski definition) is 2. The van der Waals surface area contributed by atoms with Crippen molar-refractivity contribution in [3.05, 3.63) is 29.8 Å². The van der Waals surface area contributed by atoms with Crippen LogP contribution in [0.1, 0.15) is 26.3 Å². The minimum atomic E-state index is -0.784. The van der Waals surface area contributed by atoms with E-state index in [9.17, 15) is 4.79 Å². The third-order valence-electron chi connectivity index (χ3n) is 1.68. The lowest BCUT2D eigenvalue weighted by molar-refractivity contribution is -0.136. The first-order valence-corrected chi connectivity index (χ1v) is 5.68. The predicted molar refractivity (Wildman–Crippen MR) is 63.4 cm³/mol. The van der Waals surface area contributed by atoms with Gasteiger partial charge in [0.25, 0.3) is 0 Å². The van der Waals surface area contributed by atoms with Crippen LogP contribution >= 0.6 is 11.8 Å². The Kier molecular flexibility index (Phi) is 3.80. The summed E-state index contributed by atoms with van der Waals surface area (Å²) in [4.78, 5) is 11.7. The van der Waals surface area contributed by atoms with Gasteiger partial charge in [-0.05, 0) is 17.7 Å². The van der Waals surface area contributed by atoms with Crippen molar-refractivity contribution < 1.29 is 9.90 Å². The van der Waals surface area contributed by atoms with Crippen molar-refractivity contribution >= 4 is 17.7 Å². The molecule has 0 bridgehead atoms. The molecule has 0 spiro atoms. The second kappa shape index (κ2) is 4.71. The number of carboxylic acid groups (broad SMARTS) is 1. The molecule has 1 N–H and O–H groups in total. The summed E-state index contributed by atoms with van der Waals surface area (Å²) in [5.74, 6) is -0.784. The molecule has 0 radical (unpaired) electrons. The summed E-state index contributed by atoms with van der Waals surface area (Å²) in [6.45, 7) is 6.42. The third-order valence-corrected chi connectivity index (χ3v) is 2.78. The Morgan fingerprint density at radius 2 is 2.07 bits per heavy atom. The summed E-state index contributed by atoms with van der Waals surface area (Å²) in [5, 5.41) is 8.68. The average Bonchev–Trinajstić information content (AvgIpc) is 1.99. The summed E-state index contributed by atoms with van der Waals surface area (Å²) in [5.41, 5.74) is 0.858. The Bertz CT molecular complexity index is 353. The van der Waals surface area contributed by atoms with Crippen LogP contribution in [0.25, 0.3) is 0 Å². The molecule has 82 valence electrons. The molecule has 0 amide bonds. The van der Waals surface area contributed by atoms with Gasteiger partial charge in [0.15, 0.2) is 0 Å². The number of aliphatic carboxylic acids is 1. The highest BCUT2D eigenvalue weighted by Gasteiger charge is 2.12. The van der Waals surface area contributed by atoms with Crippen LogP contribution in [0.15, 0.2) is 29.2 Å². The maximum absolute atomic E-state index is 10.6. The molecule has 0 aliphatic rings. The Balaban J connectivity index is 2.79.